The molecule has 2 heterocycles. The molecule has 1 fully saturated rings. The number of morpholine rings is 1. The molecule has 1 aliphatic rings. The fourth-order valence-electron chi connectivity index (χ4n) is 3.70. The monoisotopic (exact) mass is 451 g/mol. The van der Waals surface area contributed by atoms with Crippen molar-refractivity contribution in [3.63, 3.8) is 0 Å². The summed E-state index contributed by atoms with van der Waals surface area (Å²) in [7, 11) is 0. The first kappa shape index (κ1) is 22.4. The first-order valence-corrected chi connectivity index (χ1v) is 10.5. The summed E-state index contributed by atoms with van der Waals surface area (Å²) in [5.74, 6) is -1.16. The summed E-state index contributed by atoms with van der Waals surface area (Å²) in [5.41, 5.74) is 3.56. The molecule has 0 spiro atoms. The highest BCUT2D eigenvalue weighted by atomic mass is 19.1. The highest BCUT2D eigenvalue weighted by molar-refractivity contribution is 5.86. The summed E-state index contributed by atoms with van der Waals surface area (Å²) in [6.45, 7) is 4.29. The molecule has 8 heteroatoms. The number of pyridine rings is 1. The van der Waals surface area contributed by atoms with Crippen LogP contribution in [0, 0.1) is 18.6 Å². The molecule has 0 unspecified atom stereocenters. The molecule has 0 aliphatic carbocycles. The maximum Gasteiger partial charge on any atom is 0.328 e. The van der Waals surface area contributed by atoms with Gasteiger partial charge in [-0.25, -0.2) is 18.6 Å². The summed E-state index contributed by atoms with van der Waals surface area (Å²) in [6, 6.07) is 12.7. The summed E-state index contributed by atoms with van der Waals surface area (Å²) < 4.78 is 32.8. The van der Waals surface area contributed by atoms with Crippen LogP contribution in [0.3, 0.4) is 0 Å². The van der Waals surface area contributed by atoms with Crippen LogP contribution in [0.5, 0.6) is 0 Å². The predicted molar refractivity (Wildman–Crippen MR) is 124 cm³/mol. The van der Waals surface area contributed by atoms with Gasteiger partial charge in [0, 0.05) is 36.5 Å². The average molecular weight is 451 g/mol. The van der Waals surface area contributed by atoms with Gasteiger partial charge in [0.1, 0.15) is 23.3 Å². The third kappa shape index (κ3) is 5.53. The number of carbonyl (C=O) groups is 1. The fraction of sp³-hybridized carbons (Fsp3) is 0.200. The van der Waals surface area contributed by atoms with Crippen molar-refractivity contribution in [2.45, 2.75) is 6.92 Å². The standard InChI is InChI=1S/C25H23F2N3O3/c1-16-11-22(18-4-2-3-17(12-18)5-6-23(31)32)25(30-7-9-33-10-8-30)29-24(16)28-21-14-19(26)13-20(27)15-21/h2-6,11-15H,7-10H2,1H3,(H,28,29)(H,31,32). The number of aliphatic carboxylic acids is 1. The van der Waals surface area contributed by atoms with E-state index in [1.165, 1.54) is 18.2 Å². The van der Waals surface area contributed by atoms with Crippen LogP contribution in [0.2, 0.25) is 0 Å². The lowest BCUT2D eigenvalue weighted by Crippen LogP contribution is -2.37. The van der Waals surface area contributed by atoms with Crippen molar-refractivity contribution in [2.75, 3.05) is 36.5 Å². The minimum absolute atomic E-state index is 0.268. The Morgan fingerprint density at radius 2 is 1.85 bits per heavy atom. The minimum Gasteiger partial charge on any atom is -0.478 e. The van der Waals surface area contributed by atoms with E-state index in [1.54, 1.807) is 0 Å². The Labute approximate surface area is 190 Å². The Bertz CT molecular complexity index is 1190. The molecule has 0 radical (unpaired) electrons. The number of aromatic nitrogens is 1. The number of carboxylic acids is 1. The number of benzene rings is 2. The number of carboxylic acid groups (broad SMARTS) is 1. The number of hydrogen-bond acceptors (Lipinski definition) is 5. The van der Waals surface area contributed by atoms with E-state index in [-0.39, 0.29) is 5.69 Å². The number of aryl methyl sites for hydroxylation is 1. The van der Waals surface area contributed by atoms with E-state index in [0.29, 0.717) is 37.9 Å². The highest BCUT2D eigenvalue weighted by Crippen LogP contribution is 2.35. The number of halogens is 2. The summed E-state index contributed by atoms with van der Waals surface area (Å²) in [4.78, 5) is 17.8. The fourth-order valence-corrected chi connectivity index (χ4v) is 3.70. The van der Waals surface area contributed by atoms with Crippen molar-refractivity contribution < 1.29 is 23.4 Å². The predicted octanol–water partition coefficient (Wildman–Crippen LogP) is 5.01. The Balaban J connectivity index is 1.77. The molecular weight excluding hydrogens is 428 g/mol. The molecule has 2 N–H and O–H groups in total. The van der Waals surface area contributed by atoms with Crippen molar-refractivity contribution >= 4 is 29.4 Å². The Morgan fingerprint density at radius 3 is 2.55 bits per heavy atom. The van der Waals surface area contributed by atoms with E-state index in [4.69, 9.17) is 14.8 Å². The smallest absolute Gasteiger partial charge is 0.328 e. The van der Waals surface area contributed by atoms with Crippen LogP contribution in [-0.2, 0) is 9.53 Å². The third-order valence-corrected chi connectivity index (χ3v) is 5.24. The van der Waals surface area contributed by atoms with Gasteiger partial charge >= 0.3 is 5.97 Å². The lowest BCUT2D eigenvalue weighted by Gasteiger charge is -2.30. The molecule has 6 nitrogen and oxygen atoms in total. The second-order valence-corrected chi connectivity index (χ2v) is 7.70. The van der Waals surface area contributed by atoms with Crippen LogP contribution < -0.4 is 10.2 Å². The van der Waals surface area contributed by atoms with Crippen LogP contribution in [0.1, 0.15) is 11.1 Å². The van der Waals surface area contributed by atoms with Gasteiger partial charge in [-0.05, 0) is 54.0 Å². The molecule has 33 heavy (non-hydrogen) atoms. The Morgan fingerprint density at radius 1 is 1.12 bits per heavy atom. The molecule has 1 aromatic heterocycles. The number of rotatable bonds is 6. The zero-order valence-corrected chi connectivity index (χ0v) is 18.0. The number of anilines is 3. The molecule has 0 atom stereocenters. The lowest BCUT2D eigenvalue weighted by atomic mass is 10.0. The van der Waals surface area contributed by atoms with E-state index >= 15 is 0 Å². The molecule has 3 aromatic rings. The Kier molecular flexibility index (Phi) is 6.65. The van der Waals surface area contributed by atoms with E-state index < -0.39 is 17.6 Å². The summed E-state index contributed by atoms with van der Waals surface area (Å²) in [5, 5.41) is 12.0. The number of nitrogens with one attached hydrogen (secondary N) is 1. The van der Waals surface area contributed by atoms with Crippen LogP contribution in [-0.4, -0.2) is 42.4 Å². The molecule has 0 saturated carbocycles. The maximum absolute atomic E-state index is 13.7. The van der Waals surface area contributed by atoms with Gasteiger partial charge in [-0.1, -0.05) is 18.2 Å². The number of ether oxygens (including phenoxy) is 1. The van der Waals surface area contributed by atoms with Gasteiger partial charge in [-0.2, -0.15) is 0 Å². The van der Waals surface area contributed by atoms with Gasteiger partial charge in [0.25, 0.3) is 0 Å². The normalized spacial score (nSPS) is 14.0. The van der Waals surface area contributed by atoms with E-state index in [0.717, 1.165) is 34.4 Å². The number of nitrogens with zero attached hydrogens (tertiary/aromatic N) is 2. The van der Waals surface area contributed by atoms with Crippen LogP contribution in [0.25, 0.3) is 17.2 Å². The van der Waals surface area contributed by atoms with Gasteiger partial charge in [0.05, 0.1) is 13.2 Å². The van der Waals surface area contributed by atoms with Crippen LogP contribution >= 0.6 is 0 Å². The van der Waals surface area contributed by atoms with Gasteiger partial charge in [-0.15, -0.1) is 0 Å². The first-order chi connectivity index (χ1) is 15.9. The summed E-state index contributed by atoms with van der Waals surface area (Å²) in [6.07, 6.45) is 2.63. The molecular formula is C25H23F2N3O3. The molecule has 1 aliphatic heterocycles. The van der Waals surface area contributed by atoms with Gasteiger partial charge in [0.15, 0.2) is 0 Å². The van der Waals surface area contributed by atoms with E-state index in [2.05, 4.69) is 10.2 Å². The Hall–Kier alpha value is -3.78. The van der Waals surface area contributed by atoms with Crippen molar-refractivity contribution in [1.29, 1.82) is 0 Å². The summed E-state index contributed by atoms with van der Waals surface area (Å²) >= 11 is 0. The van der Waals surface area contributed by atoms with Crippen LogP contribution in [0.4, 0.5) is 26.1 Å². The quantitative estimate of drug-likeness (QED) is 0.513. The largest absolute Gasteiger partial charge is 0.478 e. The molecule has 0 amide bonds. The highest BCUT2D eigenvalue weighted by Gasteiger charge is 2.20. The third-order valence-electron chi connectivity index (χ3n) is 5.24. The van der Waals surface area contributed by atoms with Crippen molar-refractivity contribution in [1.82, 2.24) is 4.98 Å². The van der Waals surface area contributed by atoms with Crippen molar-refractivity contribution in [3.05, 3.63) is 77.4 Å². The molecule has 1 saturated heterocycles. The maximum atomic E-state index is 13.7. The van der Waals surface area contributed by atoms with Gasteiger partial charge < -0.3 is 20.1 Å². The second kappa shape index (κ2) is 9.79. The van der Waals surface area contributed by atoms with Gasteiger partial charge in [-0.3, -0.25) is 0 Å². The van der Waals surface area contributed by atoms with Gasteiger partial charge in [0.2, 0.25) is 0 Å². The lowest BCUT2D eigenvalue weighted by molar-refractivity contribution is -0.131. The molecule has 0 bridgehead atoms. The average Bonchev–Trinajstić information content (AvgIpc) is 2.79. The van der Waals surface area contributed by atoms with Crippen molar-refractivity contribution in [3.8, 4) is 11.1 Å². The van der Waals surface area contributed by atoms with E-state index in [1.807, 2.05) is 37.3 Å². The van der Waals surface area contributed by atoms with E-state index in [9.17, 15) is 13.6 Å². The molecule has 4 rings (SSSR count). The molecule has 2 aromatic carbocycles. The van der Waals surface area contributed by atoms with Crippen LogP contribution in [0.15, 0.2) is 54.6 Å². The SMILES string of the molecule is Cc1cc(-c2cccc(C=CC(=O)O)c2)c(N2CCOCC2)nc1Nc1cc(F)cc(F)c1. The molecule has 170 valence electrons. The zero-order valence-electron chi connectivity index (χ0n) is 18.0. The second-order valence-electron chi connectivity index (χ2n) is 7.70. The minimum atomic E-state index is -1.02. The zero-order chi connectivity index (χ0) is 23.4. The number of hydrogen-bond donors (Lipinski definition) is 2. The topological polar surface area (TPSA) is 74.7 Å². The first-order valence-electron chi connectivity index (χ1n) is 10.5. The van der Waals surface area contributed by atoms with Crippen molar-refractivity contribution in [2.24, 2.45) is 0 Å².